The zero-order valence-electron chi connectivity index (χ0n) is 21.6. The number of fused-ring (bicyclic) bond motifs is 1. The van der Waals surface area contributed by atoms with Crippen molar-refractivity contribution >= 4 is 44.7 Å². The second-order valence-corrected chi connectivity index (χ2v) is 14.4. The number of carbonyl (C=O) groups excluding carboxylic acids is 1. The molecule has 3 heterocycles. The molecule has 2 aromatic rings. The van der Waals surface area contributed by atoms with E-state index in [1.807, 2.05) is 0 Å². The van der Waals surface area contributed by atoms with Crippen LogP contribution in [0.25, 0.3) is 11.2 Å². The summed E-state index contributed by atoms with van der Waals surface area (Å²) in [6.45, 7) is 4.22. The number of aliphatic hydroxyl groups excluding tert-OH is 2. The summed E-state index contributed by atoms with van der Waals surface area (Å²) in [4.78, 5) is 25.0. The first-order valence-corrected chi connectivity index (χ1v) is 15.0. The summed E-state index contributed by atoms with van der Waals surface area (Å²) in [6, 6.07) is 0. The number of imidazole rings is 1. The Morgan fingerprint density at radius 1 is 1.18 bits per heavy atom. The van der Waals surface area contributed by atoms with Gasteiger partial charge in [0.15, 0.2) is 29.0 Å². The van der Waals surface area contributed by atoms with Crippen molar-refractivity contribution in [1.82, 2.24) is 19.5 Å². The van der Waals surface area contributed by atoms with E-state index >= 15 is 0 Å². The normalized spacial score (nSPS) is 39.4. The molecule has 39 heavy (non-hydrogen) atoms. The molecule has 8 atom stereocenters. The van der Waals surface area contributed by atoms with Crippen LogP contribution in [0.1, 0.15) is 58.6 Å². The molecule has 2 aromatic heterocycles. The first kappa shape index (κ1) is 27.1. The summed E-state index contributed by atoms with van der Waals surface area (Å²) >= 11 is 6.35. The molecule has 13 nitrogen and oxygen atoms in total. The highest BCUT2D eigenvalue weighted by molar-refractivity contribution is 7.86. The Balaban J connectivity index is 1.25. The topological polar surface area (TPSA) is 186 Å². The smallest absolute Gasteiger partial charge is 0.323 e. The molecule has 0 amide bonds. The van der Waals surface area contributed by atoms with E-state index in [4.69, 9.17) is 25.6 Å². The number of nitrogens with zero attached hydrogens (tertiary/aromatic N) is 4. The van der Waals surface area contributed by atoms with Crippen LogP contribution in [0.4, 0.5) is 5.82 Å². The highest BCUT2D eigenvalue weighted by Gasteiger charge is 2.60. The SMILES string of the molecule is C[C@]12C[C@@H]3C[C@](C)(C1)C[C@@](Nc1nc(Cl)nc4c1ncn4[C@@H]1O[C@H](COC(=O)CS(=O)(=O)O)[C@H](O)[C@@H]1O)(C3)C2. The van der Waals surface area contributed by atoms with Gasteiger partial charge in [-0.3, -0.25) is 13.9 Å². The molecule has 4 saturated carbocycles. The molecule has 214 valence electrons. The summed E-state index contributed by atoms with van der Waals surface area (Å²) < 4.78 is 42.5. The van der Waals surface area contributed by atoms with E-state index in [2.05, 4.69) is 34.1 Å². The number of ether oxygens (including phenoxy) is 2. The summed E-state index contributed by atoms with van der Waals surface area (Å²) in [5.41, 5.74) is 1.15. The van der Waals surface area contributed by atoms with E-state index < -0.39 is 53.0 Å². The Morgan fingerprint density at radius 3 is 2.51 bits per heavy atom. The van der Waals surface area contributed by atoms with Crippen LogP contribution in [0, 0.1) is 16.7 Å². The molecular formula is C24H32ClN5O8S. The van der Waals surface area contributed by atoms with Gasteiger partial charge in [0.2, 0.25) is 5.28 Å². The average molecular weight is 586 g/mol. The zero-order valence-corrected chi connectivity index (χ0v) is 23.2. The van der Waals surface area contributed by atoms with Crippen LogP contribution in [-0.2, 0) is 24.4 Å². The van der Waals surface area contributed by atoms with Gasteiger partial charge in [0, 0.05) is 5.54 Å². The minimum Gasteiger partial charge on any atom is -0.462 e. The van der Waals surface area contributed by atoms with Gasteiger partial charge in [0.05, 0.1) is 6.33 Å². The average Bonchev–Trinajstić information content (AvgIpc) is 3.29. The van der Waals surface area contributed by atoms with Crippen molar-refractivity contribution in [2.75, 3.05) is 17.7 Å². The largest absolute Gasteiger partial charge is 0.462 e. The predicted octanol–water partition coefficient (Wildman–Crippen LogP) is 1.69. The minimum absolute atomic E-state index is 0.0161. The second kappa shape index (κ2) is 8.95. The van der Waals surface area contributed by atoms with Crippen molar-refractivity contribution in [3.8, 4) is 0 Å². The van der Waals surface area contributed by atoms with Crippen LogP contribution >= 0.6 is 11.6 Å². The van der Waals surface area contributed by atoms with Crippen molar-refractivity contribution in [3.63, 3.8) is 0 Å². The molecule has 15 heteroatoms. The van der Waals surface area contributed by atoms with Gasteiger partial charge >= 0.3 is 5.97 Å². The maximum absolute atomic E-state index is 11.7. The number of halogens is 1. The molecule has 0 spiro atoms. The number of rotatable bonds is 7. The van der Waals surface area contributed by atoms with E-state index in [0.29, 0.717) is 22.9 Å². The zero-order chi connectivity index (χ0) is 28.0. The van der Waals surface area contributed by atoms with E-state index in [9.17, 15) is 23.4 Å². The minimum atomic E-state index is -4.57. The number of aromatic nitrogens is 4. The number of aliphatic hydroxyl groups is 2. The van der Waals surface area contributed by atoms with Crippen molar-refractivity contribution in [2.45, 2.75) is 82.5 Å². The Kier molecular flexibility index (Phi) is 6.22. The number of carbonyl (C=O) groups is 1. The highest BCUT2D eigenvalue weighted by Crippen LogP contribution is 2.66. The van der Waals surface area contributed by atoms with Gasteiger partial charge in [0.25, 0.3) is 10.1 Å². The molecule has 1 saturated heterocycles. The fraction of sp³-hybridized carbons (Fsp3) is 0.750. The molecule has 4 N–H and O–H groups in total. The van der Waals surface area contributed by atoms with Crippen LogP contribution in [0.15, 0.2) is 6.33 Å². The lowest BCUT2D eigenvalue weighted by Crippen LogP contribution is -2.61. The predicted molar refractivity (Wildman–Crippen MR) is 137 cm³/mol. The maximum Gasteiger partial charge on any atom is 0.323 e. The standard InChI is InChI=1S/C24H32ClN5O8S/c1-22-3-12-4-23(2,8-22)10-24(5-12,9-22)29-18-15-19(28-21(25)27-18)30(11-26-15)20-17(33)16(32)13(38-20)6-37-14(31)7-39(34,35)36/h11-13,16-17,20,32-33H,3-10H2,1-2H3,(H,27,28,29)(H,34,35,36)/t12-,13-,16+,17+,20-,22+,23-,24-/m1/s1. The van der Waals surface area contributed by atoms with Crippen LogP contribution < -0.4 is 5.32 Å². The van der Waals surface area contributed by atoms with Gasteiger partial charge in [-0.15, -0.1) is 0 Å². The first-order valence-electron chi connectivity index (χ1n) is 13.0. The Labute approximate surface area is 230 Å². The van der Waals surface area contributed by atoms with Crippen LogP contribution in [0.2, 0.25) is 5.28 Å². The second-order valence-electron chi connectivity index (χ2n) is 12.7. The Hall–Kier alpha value is -2.10. The van der Waals surface area contributed by atoms with E-state index in [1.165, 1.54) is 30.2 Å². The van der Waals surface area contributed by atoms with Crippen molar-refractivity contribution in [3.05, 3.63) is 11.6 Å². The number of nitrogens with one attached hydrogen (secondary N) is 1. The van der Waals surface area contributed by atoms with Gasteiger partial charge in [-0.25, -0.2) is 4.98 Å². The number of hydrogen-bond donors (Lipinski definition) is 4. The van der Waals surface area contributed by atoms with Gasteiger partial charge in [-0.2, -0.15) is 18.4 Å². The molecule has 5 aliphatic rings. The summed E-state index contributed by atoms with van der Waals surface area (Å²) in [5.74, 6) is -1.30. The van der Waals surface area contributed by atoms with Gasteiger partial charge in [0.1, 0.15) is 24.9 Å². The molecule has 4 aliphatic carbocycles. The Morgan fingerprint density at radius 2 is 1.87 bits per heavy atom. The van der Waals surface area contributed by atoms with E-state index in [-0.39, 0.29) is 21.7 Å². The van der Waals surface area contributed by atoms with E-state index in [0.717, 1.165) is 19.3 Å². The van der Waals surface area contributed by atoms with Crippen molar-refractivity contribution in [2.24, 2.45) is 16.7 Å². The summed E-state index contributed by atoms with van der Waals surface area (Å²) in [5, 5.41) is 24.9. The van der Waals surface area contributed by atoms with Crippen molar-refractivity contribution < 1.29 is 37.5 Å². The number of hydrogen-bond acceptors (Lipinski definition) is 11. The van der Waals surface area contributed by atoms with E-state index in [1.54, 1.807) is 0 Å². The molecule has 1 aliphatic heterocycles. The molecule has 0 unspecified atom stereocenters. The number of anilines is 1. The molecule has 0 radical (unpaired) electrons. The van der Waals surface area contributed by atoms with Crippen LogP contribution in [-0.4, -0.2) is 84.9 Å². The highest BCUT2D eigenvalue weighted by atomic mass is 35.5. The maximum atomic E-state index is 11.7. The van der Waals surface area contributed by atoms with Crippen LogP contribution in [0.3, 0.4) is 0 Å². The van der Waals surface area contributed by atoms with Gasteiger partial charge < -0.3 is 25.0 Å². The van der Waals surface area contributed by atoms with Crippen molar-refractivity contribution in [1.29, 1.82) is 0 Å². The fourth-order valence-corrected chi connectivity index (χ4v) is 9.01. The lowest BCUT2D eigenvalue weighted by Gasteiger charge is -2.65. The summed E-state index contributed by atoms with van der Waals surface area (Å²) in [6.07, 6.45) is 3.01. The number of esters is 1. The third-order valence-corrected chi connectivity index (χ3v) is 9.49. The monoisotopic (exact) mass is 585 g/mol. The first-order chi connectivity index (χ1) is 18.2. The lowest BCUT2D eigenvalue weighted by molar-refractivity contribution is -0.147. The molecule has 0 aromatic carbocycles. The van der Waals surface area contributed by atoms with Crippen LogP contribution in [0.5, 0.6) is 0 Å². The van der Waals surface area contributed by atoms with Gasteiger partial charge in [-0.05, 0) is 66.9 Å². The molecule has 5 fully saturated rings. The third-order valence-electron chi connectivity index (χ3n) is 8.72. The third kappa shape index (κ3) is 4.99. The molecule has 4 bridgehead atoms. The lowest BCUT2D eigenvalue weighted by atomic mass is 9.43. The molecular weight excluding hydrogens is 554 g/mol. The fourth-order valence-electron chi connectivity index (χ4n) is 8.46. The summed E-state index contributed by atoms with van der Waals surface area (Å²) in [7, 11) is -4.57. The Bertz CT molecular complexity index is 1420. The molecule has 7 rings (SSSR count). The van der Waals surface area contributed by atoms with Gasteiger partial charge in [-0.1, -0.05) is 13.8 Å². The quantitative estimate of drug-likeness (QED) is 0.209.